The lowest BCUT2D eigenvalue weighted by atomic mass is 9.85. The second kappa shape index (κ2) is 5.94. The Morgan fingerprint density at radius 2 is 2.16 bits per heavy atom. The van der Waals surface area contributed by atoms with E-state index in [-0.39, 0.29) is 0 Å². The molecule has 0 aliphatic carbocycles. The van der Waals surface area contributed by atoms with Gasteiger partial charge in [0.05, 0.1) is 18.8 Å². The average molecular weight is 267 g/mol. The molecule has 3 nitrogen and oxygen atoms in total. The summed E-state index contributed by atoms with van der Waals surface area (Å²) in [6, 6.07) is 0.363. The summed E-state index contributed by atoms with van der Waals surface area (Å²) in [6.07, 6.45) is 4.81. The molecule has 2 heterocycles. The van der Waals surface area contributed by atoms with Gasteiger partial charge in [0, 0.05) is 6.54 Å². The third-order valence-corrected chi connectivity index (χ3v) is 4.25. The molecule has 1 N–H and O–H groups in total. The number of fused-ring (bicyclic) bond motifs is 1. The molecular weight excluding hydrogens is 238 g/mol. The summed E-state index contributed by atoms with van der Waals surface area (Å²) in [4.78, 5) is 0. The Bertz CT molecular complexity index is 314. The molecule has 2 rings (SSSR count). The molecule has 0 saturated carbocycles. The van der Waals surface area contributed by atoms with Crippen molar-refractivity contribution in [2.75, 3.05) is 13.2 Å². The Labute approximate surface area is 117 Å². The van der Waals surface area contributed by atoms with Crippen molar-refractivity contribution < 1.29 is 9.47 Å². The Balaban J connectivity index is 1.95. The fourth-order valence-corrected chi connectivity index (χ4v) is 3.35. The van der Waals surface area contributed by atoms with Crippen LogP contribution in [0.25, 0.3) is 0 Å². The Hall–Kier alpha value is -0.380. The quantitative estimate of drug-likeness (QED) is 0.777. The van der Waals surface area contributed by atoms with E-state index in [1.165, 1.54) is 12.8 Å². The van der Waals surface area contributed by atoms with Gasteiger partial charge in [0.25, 0.3) is 0 Å². The summed E-state index contributed by atoms with van der Waals surface area (Å²) in [6.45, 7) is 14.4. The topological polar surface area (TPSA) is 30.5 Å². The second-order valence-corrected chi connectivity index (χ2v) is 6.93. The molecule has 110 valence electrons. The fraction of sp³-hybridized carbons (Fsp3) is 0.875. The maximum atomic E-state index is 6.14. The maximum absolute atomic E-state index is 6.14. The van der Waals surface area contributed by atoms with Crippen LogP contribution in [0.2, 0.25) is 0 Å². The first kappa shape index (κ1) is 15.0. The summed E-state index contributed by atoms with van der Waals surface area (Å²) < 4.78 is 11.9. The van der Waals surface area contributed by atoms with Crippen LogP contribution in [-0.4, -0.2) is 31.1 Å². The smallest absolute Gasteiger partial charge is 0.163 e. The Morgan fingerprint density at radius 3 is 2.79 bits per heavy atom. The van der Waals surface area contributed by atoms with E-state index in [9.17, 15) is 0 Å². The predicted molar refractivity (Wildman–Crippen MR) is 77.9 cm³/mol. The van der Waals surface area contributed by atoms with Crippen molar-refractivity contribution in [2.45, 2.75) is 58.5 Å². The van der Waals surface area contributed by atoms with Gasteiger partial charge < -0.3 is 14.8 Å². The third kappa shape index (κ3) is 3.80. The number of ether oxygens (including phenoxy) is 2. The van der Waals surface area contributed by atoms with Crippen molar-refractivity contribution in [3.63, 3.8) is 0 Å². The highest BCUT2D eigenvalue weighted by atomic mass is 16.7. The highest BCUT2D eigenvalue weighted by molar-refractivity contribution is 4.97. The summed E-state index contributed by atoms with van der Waals surface area (Å²) >= 11 is 0. The van der Waals surface area contributed by atoms with E-state index in [4.69, 9.17) is 9.47 Å². The molecule has 0 aromatic rings. The minimum atomic E-state index is -0.437. The molecular formula is C16H29NO2. The van der Waals surface area contributed by atoms with Crippen LogP contribution >= 0.6 is 0 Å². The van der Waals surface area contributed by atoms with E-state index in [0.29, 0.717) is 24.0 Å². The molecule has 19 heavy (non-hydrogen) atoms. The van der Waals surface area contributed by atoms with E-state index in [0.717, 1.165) is 19.1 Å². The van der Waals surface area contributed by atoms with Gasteiger partial charge in [-0.2, -0.15) is 0 Å². The van der Waals surface area contributed by atoms with E-state index in [1.54, 1.807) is 0 Å². The zero-order valence-corrected chi connectivity index (χ0v) is 12.8. The van der Waals surface area contributed by atoms with Gasteiger partial charge in [-0.05, 0) is 44.4 Å². The molecule has 2 fully saturated rings. The molecule has 2 saturated heterocycles. The molecule has 3 heteroatoms. The van der Waals surface area contributed by atoms with Gasteiger partial charge in [-0.1, -0.05) is 19.9 Å². The van der Waals surface area contributed by atoms with Crippen molar-refractivity contribution in [3.05, 3.63) is 12.7 Å². The van der Waals surface area contributed by atoms with Gasteiger partial charge in [0.15, 0.2) is 5.79 Å². The molecule has 0 radical (unpaired) electrons. The number of nitrogens with one attached hydrogen (secondary N) is 1. The first-order chi connectivity index (χ1) is 8.91. The molecule has 2 aliphatic rings. The van der Waals surface area contributed by atoms with Gasteiger partial charge in [0.1, 0.15) is 0 Å². The van der Waals surface area contributed by atoms with Gasteiger partial charge in [0.2, 0.25) is 0 Å². The van der Waals surface area contributed by atoms with Crippen LogP contribution in [0, 0.1) is 17.8 Å². The molecule has 0 bridgehead atoms. The number of rotatable bonds is 5. The predicted octanol–water partition coefficient (Wildman–Crippen LogP) is 2.96. The summed E-state index contributed by atoms with van der Waals surface area (Å²) in [5.74, 6) is 1.46. The molecule has 0 aromatic carbocycles. The molecule has 0 amide bonds. The van der Waals surface area contributed by atoms with Crippen LogP contribution in [0.15, 0.2) is 12.7 Å². The number of hydrogen-bond donors (Lipinski definition) is 1. The minimum absolute atomic E-state index is 0.290. The number of allylic oxidation sites excluding steroid dienone is 1. The molecule has 0 spiro atoms. The van der Waals surface area contributed by atoms with Crippen LogP contribution in [0.1, 0.15) is 40.5 Å². The fourth-order valence-electron chi connectivity index (χ4n) is 3.35. The van der Waals surface area contributed by atoms with Crippen LogP contribution in [0.3, 0.4) is 0 Å². The lowest BCUT2D eigenvalue weighted by Crippen LogP contribution is -2.51. The lowest BCUT2D eigenvalue weighted by Gasteiger charge is -2.40. The van der Waals surface area contributed by atoms with Crippen LogP contribution in [0.5, 0.6) is 0 Å². The highest BCUT2D eigenvalue weighted by Crippen LogP contribution is 2.34. The summed E-state index contributed by atoms with van der Waals surface area (Å²) in [5, 5.41) is 3.54. The standard InChI is InChI=1S/C16H29NO2/c1-6-12(7-11(2)3)8-13-9-17-14-10-18-16(4,5)19-15(13)14/h6,11-15,17H,1,7-10H2,2-5H3. The second-order valence-electron chi connectivity index (χ2n) is 6.93. The lowest BCUT2D eigenvalue weighted by molar-refractivity contribution is -0.282. The Kier molecular flexibility index (Phi) is 4.70. The molecule has 4 unspecified atom stereocenters. The average Bonchev–Trinajstić information content (AvgIpc) is 2.69. The molecule has 4 atom stereocenters. The monoisotopic (exact) mass is 267 g/mol. The third-order valence-electron chi connectivity index (χ3n) is 4.25. The number of hydrogen-bond acceptors (Lipinski definition) is 3. The SMILES string of the molecule is C=CC(CC(C)C)CC1CNC2COC(C)(C)OC12. The largest absolute Gasteiger partial charge is 0.349 e. The van der Waals surface area contributed by atoms with Gasteiger partial charge >= 0.3 is 0 Å². The van der Waals surface area contributed by atoms with Gasteiger partial charge in [-0.3, -0.25) is 0 Å². The van der Waals surface area contributed by atoms with Crippen molar-refractivity contribution >= 4 is 0 Å². The zero-order valence-electron chi connectivity index (χ0n) is 12.8. The molecule has 2 aliphatic heterocycles. The van der Waals surface area contributed by atoms with Crippen molar-refractivity contribution in [1.82, 2.24) is 5.32 Å². The van der Waals surface area contributed by atoms with Crippen LogP contribution in [0.4, 0.5) is 0 Å². The van der Waals surface area contributed by atoms with Crippen LogP contribution in [-0.2, 0) is 9.47 Å². The van der Waals surface area contributed by atoms with E-state index < -0.39 is 5.79 Å². The highest BCUT2D eigenvalue weighted by Gasteiger charge is 2.44. The van der Waals surface area contributed by atoms with Gasteiger partial charge in [-0.15, -0.1) is 6.58 Å². The molecule has 0 aromatic heterocycles. The van der Waals surface area contributed by atoms with E-state index in [2.05, 4.69) is 31.8 Å². The van der Waals surface area contributed by atoms with Crippen molar-refractivity contribution in [1.29, 1.82) is 0 Å². The normalized spacial score (nSPS) is 35.1. The summed E-state index contributed by atoms with van der Waals surface area (Å²) in [7, 11) is 0. The van der Waals surface area contributed by atoms with Crippen molar-refractivity contribution in [2.24, 2.45) is 17.8 Å². The maximum Gasteiger partial charge on any atom is 0.163 e. The first-order valence-electron chi connectivity index (χ1n) is 7.59. The van der Waals surface area contributed by atoms with E-state index >= 15 is 0 Å². The minimum Gasteiger partial charge on any atom is -0.349 e. The summed E-state index contributed by atoms with van der Waals surface area (Å²) in [5.41, 5.74) is 0. The zero-order chi connectivity index (χ0) is 14.0. The Morgan fingerprint density at radius 1 is 1.42 bits per heavy atom. The van der Waals surface area contributed by atoms with Crippen LogP contribution < -0.4 is 5.32 Å². The van der Waals surface area contributed by atoms with Crippen molar-refractivity contribution in [3.8, 4) is 0 Å². The first-order valence-corrected chi connectivity index (χ1v) is 7.59. The van der Waals surface area contributed by atoms with E-state index in [1.807, 2.05) is 13.8 Å². The van der Waals surface area contributed by atoms with Gasteiger partial charge in [-0.25, -0.2) is 0 Å².